The van der Waals surface area contributed by atoms with Crippen LogP contribution in [-0.2, 0) is 0 Å². The highest BCUT2D eigenvalue weighted by molar-refractivity contribution is 5.44. The van der Waals surface area contributed by atoms with Gasteiger partial charge in [-0.25, -0.2) is 4.39 Å². The smallest absolute Gasteiger partial charge is 0.123 e. The van der Waals surface area contributed by atoms with Gasteiger partial charge in [-0.3, -0.25) is 0 Å². The summed E-state index contributed by atoms with van der Waals surface area (Å²) < 4.78 is 12.7. The second kappa shape index (κ2) is 3.36. The molecule has 0 aliphatic rings. The Balaban J connectivity index is 3.24. The molecule has 0 aliphatic carbocycles. The van der Waals surface area contributed by atoms with E-state index >= 15 is 0 Å². The third-order valence-electron chi connectivity index (χ3n) is 1.64. The summed E-state index contributed by atoms with van der Waals surface area (Å²) in [5.41, 5.74) is 1.22. The van der Waals surface area contributed by atoms with E-state index in [1.54, 1.807) is 0 Å². The number of hydrogen-bond donors (Lipinski definition) is 0. The largest absolute Gasteiger partial charge is 0.207 e. The minimum absolute atomic E-state index is 0.301. The number of nitriles is 1. The third-order valence-corrected chi connectivity index (χ3v) is 1.64. The van der Waals surface area contributed by atoms with Crippen molar-refractivity contribution in [2.24, 2.45) is 0 Å². The quantitative estimate of drug-likeness (QED) is 0.622. The number of nitrogens with zero attached hydrogens (tertiary/aromatic N) is 1. The number of rotatable bonds is 1. The molecule has 1 nitrogen and oxygen atoms in total. The fraction of sp³-hybridized carbons (Fsp3) is 0.200. The minimum atomic E-state index is -0.301. The van der Waals surface area contributed by atoms with Gasteiger partial charge >= 0.3 is 0 Å². The Kier molecular flexibility index (Phi) is 2.44. The molecule has 0 fully saturated rings. The summed E-state index contributed by atoms with van der Waals surface area (Å²) in [6.07, 6.45) is 0. The van der Waals surface area contributed by atoms with Gasteiger partial charge in [-0.05, 0) is 23.8 Å². The zero-order valence-corrected chi connectivity index (χ0v) is 7.06. The van der Waals surface area contributed by atoms with Crippen LogP contribution in [0.25, 0.3) is 0 Å². The first-order valence-corrected chi connectivity index (χ1v) is 3.65. The van der Waals surface area contributed by atoms with E-state index in [0.29, 0.717) is 11.1 Å². The van der Waals surface area contributed by atoms with Crippen LogP contribution in [0.4, 0.5) is 4.39 Å². The molecule has 0 N–H and O–H groups in total. The first-order chi connectivity index (χ1) is 5.65. The lowest BCUT2D eigenvalue weighted by Gasteiger charge is -2.05. The molecule has 2 heteroatoms. The summed E-state index contributed by atoms with van der Waals surface area (Å²) in [7, 11) is 0. The average Bonchev–Trinajstić information content (AvgIpc) is 2.04. The van der Waals surface area contributed by atoms with Crippen molar-refractivity contribution in [3.63, 3.8) is 0 Å². The van der Waals surface area contributed by atoms with Crippen molar-refractivity contribution in [2.75, 3.05) is 0 Å². The highest BCUT2D eigenvalue weighted by Gasteiger charge is 2.07. The Hall–Kier alpha value is -1.36. The number of benzene rings is 1. The lowest BCUT2D eigenvalue weighted by molar-refractivity contribution is 0.626. The first kappa shape index (κ1) is 8.73. The first-order valence-electron chi connectivity index (χ1n) is 3.65. The topological polar surface area (TPSA) is 23.8 Å². The zero-order valence-electron chi connectivity index (χ0n) is 7.06. The lowest BCUT2D eigenvalue weighted by Crippen LogP contribution is -1.94. The van der Waals surface area contributed by atoms with Crippen LogP contribution in [0.15, 0.2) is 18.2 Å². The molecule has 61 valence electrons. The summed E-state index contributed by atoms with van der Waals surface area (Å²) >= 11 is 0. The standard InChI is InChI=1S/C10H9FN/c1-7(2)10-5-9(11)4-3-8(10)6-12/h3-5H,1-2H3. The second-order valence-corrected chi connectivity index (χ2v) is 2.80. The number of hydrogen-bond acceptors (Lipinski definition) is 1. The fourth-order valence-corrected chi connectivity index (χ4v) is 1.03. The van der Waals surface area contributed by atoms with Crippen molar-refractivity contribution in [1.29, 1.82) is 5.26 Å². The lowest BCUT2D eigenvalue weighted by atomic mass is 9.98. The molecule has 0 aliphatic heterocycles. The molecule has 0 heterocycles. The normalized spacial score (nSPS) is 9.92. The highest BCUT2D eigenvalue weighted by Crippen LogP contribution is 2.18. The maximum atomic E-state index is 12.7. The van der Waals surface area contributed by atoms with Gasteiger partial charge in [0.25, 0.3) is 0 Å². The molecule has 0 amide bonds. The van der Waals surface area contributed by atoms with Gasteiger partial charge < -0.3 is 0 Å². The Morgan fingerprint density at radius 3 is 2.58 bits per heavy atom. The Morgan fingerprint density at radius 1 is 1.42 bits per heavy atom. The molecular formula is C10H9FN. The van der Waals surface area contributed by atoms with E-state index in [4.69, 9.17) is 5.26 Å². The SMILES string of the molecule is C[C](C)c1cc(F)ccc1C#N. The van der Waals surface area contributed by atoms with Gasteiger partial charge in [0.05, 0.1) is 11.6 Å². The predicted octanol–water partition coefficient (Wildman–Crippen LogP) is 2.66. The van der Waals surface area contributed by atoms with Gasteiger partial charge in [0.1, 0.15) is 5.82 Å². The van der Waals surface area contributed by atoms with Crippen molar-refractivity contribution in [3.05, 3.63) is 41.1 Å². The van der Waals surface area contributed by atoms with Crippen molar-refractivity contribution in [2.45, 2.75) is 13.8 Å². The van der Waals surface area contributed by atoms with Crippen LogP contribution in [-0.4, -0.2) is 0 Å². The van der Waals surface area contributed by atoms with Crippen LogP contribution in [0, 0.1) is 23.1 Å². The molecule has 1 radical (unpaired) electrons. The van der Waals surface area contributed by atoms with E-state index in [1.807, 2.05) is 19.9 Å². The van der Waals surface area contributed by atoms with Gasteiger partial charge in [-0.2, -0.15) is 5.26 Å². The molecule has 1 rings (SSSR count). The van der Waals surface area contributed by atoms with Crippen LogP contribution < -0.4 is 0 Å². The van der Waals surface area contributed by atoms with Gasteiger partial charge in [0.15, 0.2) is 0 Å². The number of halogens is 1. The molecule has 0 aromatic heterocycles. The summed E-state index contributed by atoms with van der Waals surface area (Å²) in [4.78, 5) is 0. The maximum Gasteiger partial charge on any atom is 0.123 e. The van der Waals surface area contributed by atoms with Crippen LogP contribution >= 0.6 is 0 Å². The zero-order chi connectivity index (χ0) is 9.14. The maximum absolute atomic E-state index is 12.7. The van der Waals surface area contributed by atoms with E-state index in [9.17, 15) is 4.39 Å². The molecule has 1 aromatic carbocycles. The Bertz CT molecular complexity index is 323. The Morgan fingerprint density at radius 2 is 2.08 bits per heavy atom. The van der Waals surface area contributed by atoms with Crippen LogP contribution in [0.3, 0.4) is 0 Å². The van der Waals surface area contributed by atoms with E-state index in [2.05, 4.69) is 0 Å². The molecule has 0 saturated heterocycles. The molecule has 1 aromatic rings. The molecular weight excluding hydrogens is 153 g/mol. The predicted molar refractivity (Wildman–Crippen MR) is 44.8 cm³/mol. The summed E-state index contributed by atoms with van der Waals surface area (Å²) in [5.74, 6) is 0.649. The van der Waals surface area contributed by atoms with E-state index < -0.39 is 0 Å². The van der Waals surface area contributed by atoms with Gasteiger partial charge in [0, 0.05) is 5.92 Å². The second-order valence-electron chi connectivity index (χ2n) is 2.80. The van der Waals surface area contributed by atoms with Gasteiger partial charge in [-0.15, -0.1) is 0 Å². The fourth-order valence-electron chi connectivity index (χ4n) is 1.03. The minimum Gasteiger partial charge on any atom is -0.207 e. The van der Waals surface area contributed by atoms with Crippen LogP contribution in [0.5, 0.6) is 0 Å². The van der Waals surface area contributed by atoms with E-state index in [0.717, 1.165) is 5.92 Å². The average molecular weight is 162 g/mol. The molecule has 0 spiro atoms. The summed E-state index contributed by atoms with van der Waals surface area (Å²) in [6, 6.07) is 6.19. The third kappa shape index (κ3) is 1.62. The molecule has 0 bridgehead atoms. The Labute approximate surface area is 71.4 Å². The van der Waals surface area contributed by atoms with Gasteiger partial charge in [0.2, 0.25) is 0 Å². The van der Waals surface area contributed by atoms with Crippen molar-refractivity contribution >= 4 is 0 Å². The van der Waals surface area contributed by atoms with Crippen LogP contribution in [0.2, 0.25) is 0 Å². The van der Waals surface area contributed by atoms with Crippen molar-refractivity contribution in [3.8, 4) is 6.07 Å². The van der Waals surface area contributed by atoms with Crippen molar-refractivity contribution in [1.82, 2.24) is 0 Å². The highest BCUT2D eigenvalue weighted by atomic mass is 19.1. The molecule has 0 saturated carbocycles. The van der Waals surface area contributed by atoms with E-state index in [1.165, 1.54) is 18.2 Å². The molecule has 0 atom stereocenters. The monoisotopic (exact) mass is 162 g/mol. The van der Waals surface area contributed by atoms with E-state index in [-0.39, 0.29) is 5.82 Å². The molecule has 0 unspecified atom stereocenters. The summed E-state index contributed by atoms with van der Waals surface area (Å²) in [5, 5.41) is 8.67. The molecule has 12 heavy (non-hydrogen) atoms. The van der Waals surface area contributed by atoms with Gasteiger partial charge in [-0.1, -0.05) is 13.8 Å². The van der Waals surface area contributed by atoms with Crippen molar-refractivity contribution < 1.29 is 4.39 Å². The summed E-state index contributed by atoms with van der Waals surface area (Å²) in [6.45, 7) is 3.71. The van der Waals surface area contributed by atoms with Crippen LogP contribution in [0.1, 0.15) is 25.0 Å².